The number of carbonyl (C=O) groups excluding carboxylic acids is 1. The smallest absolute Gasteiger partial charge is 0.276 e. The number of aromatic nitrogens is 3. The maximum atomic E-state index is 13.3. The third kappa shape index (κ3) is 4.11. The van der Waals surface area contributed by atoms with E-state index in [1.165, 1.54) is 12.1 Å². The van der Waals surface area contributed by atoms with Crippen molar-refractivity contribution in [3.8, 4) is 0 Å². The van der Waals surface area contributed by atoms with E-state index in [-0.39, 0.29) is 23.8 Å². The predicted octanol–water partition coefficient (Wildman–Crippen LogP) is 3.55. The maximum absolute atomic E-state index is 13.3. The lowest BCUT2D eigenvalue weighted by molar-refractivity contribution is 0.0492. The number of likely N-dealkylation sites (N-methyl/N-ethyl adjacent to an activating group) is 1. The molecular weight excluding hydrogens is 381 g/mol. The van der Waals surface area contributed by atoms with E-state index in [9.17, 15) is 9.18 Å². The molecule has 2 aromatic carbocycles. The van der Waals surface area contributed by atoms with Crippen LogP contribution in [0.2, 0.25) is 0 Å². The van der Waals surface area contributed by atoms with Gasteiger partial charge in [-0.3, -0.25) is 4.79 Å². The third-order valence-electron chi connectivity index (χ3n) is 5.72. The molecule has 1 saturated heterocycles. The van der Waals surface area contributed by atoms with Crippen molar-refractivity contribution in [2.24, 2.45) is 0 Å². The molecule has 4 rings (SSSR count). The van der Waals surface area contributed by atoms with E-state index in [2.05, 4.69) is 34.4 Å². The van der Waals surface area contributed by atoms with Crippen molar-refractivity contribution in [3.05, 3.63) is 83.4 Å². The fraction of sp³-hybridized carbons (Fsp3) is 0.348. The molecule has 7 heteroatoms. The van der Waals surface area contributed by atoms with Crippen LogP contribution in [-0.2, 0) is 0 Å². The molecule has 0 saturated carbocycles. The summed E-state index contributed by atoms with van der Waals surface area (Å²) in [6, 6.07) is 16.3. The summed E-state index contributed by atoms with van der Waals surface area (Å²) in [6.45, 7) is 4.26. The highest BCUT2D eigenvalue weighted by Crippen LogP contribution is 2.27. The highest BCUT2D eigenvalue weighted by atomic mass is 19.1. The number of nitrogens with zero attached hydrogens (tertiary/aromatic N) is 5. The van der Waals surface area contributed by atoms with Crippen LogP contribution in [0, 0.1) is 5.82 Å². The SMILES string of the molecule is CC[C@@H](c1ccc(F)cc1)n1cc(C(=O)N2CCN(C)C[C@H]2c2ccccc2)nn1. The van der Waals surface area contributed by atoms with Crippen molar-refractivity contribution in [2.45, 2.75) is 25.4 Å². The summed E-state index contributed by atoms with van der Waals surface area (Å²) in [5.41, 5.74) is 2.38. The van der Waals surface area contributed by atoms with Crippen molar-refractivity contribution >= 4 is 5.91 Å². The second kappa shape index (κ2) is 8.75. The van der Waals surface area contributed by atoms with Crippen LogP contribution in [0.1, 0.15) is 47.0 Å². The van der Waals surface area contributed by atoms with E-state index in [1.807, 2.05) is 30.0 Å². The molecule has 156 valence electrons. The zero-order valence-electron chi connectivity index (χ0n) is 17.3. The first-order chi connectivity index (χ1) is 14.6. The Bertz CT molecular complexity index is 988. The number of amides is 1. The van der Waals surface area contributed by atoms with Crippen molar-refractivity contribution in [3.63, 3.8) is 0 Å². The van der Waals surface area contributed by atoms with Crippen LogP contribution in [0.5, 0.6) is 0 Å². The lowest BCUT2D eigenvalue weighted by atomic mass is 10.0. The lowest BCUT2D eigenvalue weighted by Crippen LogP contribution is -2.49. The molecule has 0 bridgehead atoms. The minimum absolute atomic E-state index is 0.0262. The Balaban J connectivity index is 1.58. The number of hydrogen-bond donors (Lipinski definition) is 0. The fourth-order valence-corrected chi connectivity index (χ4v) is 4.06. The van der Waals surface area contributed by atoms with E-state index >= 15 is 0 Å². The van der Waals surface area contributed by atoms with Gasteiger partial charge < -0.3 is 9.80 Å². The van der Waals surface area contributed by atoms with Gasteiger partial charge in [-0.25, -0.2) is 9.07 Å². The summed E-state index contributed by atoms with van der Waals surface area (Å²) in [7, 11) is 2.07. The molecule has 0 radical (unpaired) electrons. The number of hydrogen-bond acceptors (Lipinski definition) is 4. The first-order valence-electron chi connectivity index (χ1n) is 10.3. The summed E-state index contributed by atoms with van der Waals surface area (Å²) in [6.07, 6.45) is 2.46. The predicted molar refractivity (Wildman–Crippen MR) is 113 cm³/mol. The van der Waals surface area contributed by atoms with Crippen LogP contribution in [0.25, 0.3) is 0 Å². The summed E-state index contributed by atoms with van der Waals surface area (Å²) < 4.78 is 15.0. The largest absolute Gasteiger partial charge is 0.328 e. The van der Waals surface area contributed by atoms with E-state index in [0.717, 1.165) is 30.6 Å². The van der Waals surface area contributed by atoms with Crippen molar-refractivity contribution in [1.29, 1.82) is 0 Å². The van der Waals surface area contributed by atoms with Gasteiger partial charge in [-0.15, -0.1) is 5.10 Å². The Morgan fingerprint density at radius 2 is 1.87 bits per heavy atom. The van der Waals surface area contributed by atoms with Gasteiger partial charge in [-0.05, 0) is 36.7 Å². The summed E-state index contributed by atoms with van der Waals surface area (Å²) >= 11 is 0. The first kappa shape index (κ1) is 20.2. The van der Waals surface area contributed by atoms with Crippen LogP contribution in [0.3, 0.4) is 0 Å². The Morgan fingerprint density at radius 1 is 1.13 bits per heavy atom. The molecule has 2 atom stereocenters. The average molecular weight is 407 g/mol. The zero-order chi connectivity index (χ0) is 21.1. The minimum Gasteiger partial charge on any atom is -0.328 e. The highest BCUT2D eigenvalue weighted by molar-refractivity contribution is 5.92. The van der Waals surface area contributed by atoms with Crippen LogP contribution in [0.4, 0.5) is 4.39 Å². The van der Waals surface area contributed by atoms with Crippen molar-refractivity contribution < 1.29 is 9.18 Å². The number of benzene rings is 2. The summed E-state index contributed by atoms with van der Waals surface area (Å²) in [5.74, 6) is -0.387. The van der Waals surface area contributed by atoms with Gasteiger partial charge >= 0.3 is 0 Å². The van der Waals surface area contributed by atoms with Gasteiger partial charge in [0, 0.05) is 19.6 Å². The molecule has 1 fully saturated rings. The number of halogens is 1. The first-order valence-corrected chi connectivity index (χ1v) is 10.3. The third-order valence-corrected chi connectivity index (χ3v) is 5.72. The lowest BCUT2D eigenvalue weighted by Gasteiger charge is -2.40. The van der Waals surface area contributed by atoms with Gasteiger partial charge in [-0.2, -0.15) is 0 Å². The van der Waals surface area contributed by atoms with Gasteiger partial charge in [0.1, 0.15) is 5.82 Å². The Morgan fingerprint density at radius 3 is 2.57 bits per heavy atom. The average Bonchev–Trinajstić information content (AvgIpc) is 3.25. The molecule has 3 aromatic rings. The van der Waals surface area contributed by atoms with Crippen LogP contribution >= 0.6 is 0 Å². The minimum atomic E-state index is -0.273. The van der Waals surface area contributed by atoms with E-state index in [4.69, 9.17) is 0 Å². The van der Waals surface area contributed by atoms with Crippen molar-refractivity contribution in [1.82, 2.24) is 24.8 Å². The maximum Gasteiger partial charge on any atom is 0.276 e. The number of piperazine rings is 1. The molecule has 2 heterocycles. The molecule has 1 amide bonds. The monoisotopic (exact) mass is 407 g/mol. The summed E-state index contributed by atoms with van der Waals surface area (Å²) in [4.78, 5) is 17.5. The van der Waals surface area contributed by atoms with Gasteiger partial charge in [0.15, 0.2) is 5.69 Å². The molecule has 0 unspecified atom stereocenters. The van der Waals surface area contributed by atoms with Crippen LogP contribution in [0.15, 0.2) is 60.8 Å². The molecule has 0 spiro atoms. The van der Waals surface area contributed by atoms with Gasteiger partial charge in [0.25, 0.3) is 5.91 Å². The summed E-state index contributed by atoms with van der Waals surface area (Å²) in [5, 5.41) is 8.41. The molecule has 1 aromatic heterocycles. The normalized spacial score (nSPS) is 18.4. The molecule has 1 aliphatic heterocycles. The molecular formula is C23H26FN5O. The van der Waals surface area contributed by atoms with E-state index in [1.54, 1.807) is 23.0 Å². The molecule has 0 N–H and O–H groups in total. The van der Waals surface area contributed by atoms with Gasteiger partial charge in [0.2, 0.25) is 0 Å². The Hall–Kier alpha value is -3.06. The van der Waals surface area contributed by atoms with Crippen molar-refractivity contribution in [2.75, 3.05) is 26.7 Å². The molecule has 0 aliphatic carbocycles. The quantitative estimate of drug-likeness (QED) is 0.649. The molecule has 6 nitrogen and oxygen atoms in total. The van der Waals surface area contributed by atoms with Crippen LogP contribution in [-0.4, -0.2) is 57.4 Å². The van der Waals surface area contributed by atoms with E-state index < -0.39 is 0 Å². The number of carbonyl (C=O) groups is 1. The fourth-order valence-electron chi connectivity index (χ4n) is 4.06. The molecule has 1 aliphatic rings. The zero-order valence-corrected chi connectivity index (χ0v) is 17.3. The highest BCUT2D eigenvalue weighted by Gasteiger charge is 2.32. The molecule has 30 heavy (non-hydrogen) atoms. The second-order valence-corrected chi connectivity index (χ2v) is 7.75. The van der Waals surface area contributed by atoms with E-state index in [0.29, 0.717) is 12.2 Å². The topological polar surface area (TPSA) is 54.3 Å². The second-order valence-electron chi connectivity index (χ2n) is 7.75. The van der Waals surface area contributed by atoms with Crippen LogP contribution < -0.4 is 0 Å². The standard InChI is InChI=1S/C23H26FN5O/c1-3-21(18-9-11-19(24)12-10-18)29-15-20(25-26-29)23(30)28-14-13-27(2)16-22(28)17-7-5-4-6-8-17/h4-12,15,21-22H,3,13-14,16H2,1-2H3/t21-,22-/m0/s1. The number of rotatable bonds is 5. The Kier molecular flexibility index (Phi) is 5.90. The van der Waals surface area contributed by atoms with Gasteiger partial charge in [-0.1, -0.05) is 54.6 Å². The van der Waals surface area contributed by atoms with Gasteiger partial charge in [0.05, 0.1) is 18.3 Å². The Labute approximate surface area is 175 Å².